The summed E-state index contributed by atoms with van der Waals surface area (Å²) in [5.41, 5.74) is 9.38. The molecular weight excluding hydrogens is 393 g/mol. The molecular formula is C30H40FN. The summed E-state index contributed by atoms with van der Waals surface area (Å²) < 4.78 is 14.0. The van der Waals surface area contributed by atoms with Crippen LogP contribution in [0.3, 0.4) is 0 Å². The zero-order valence-electron chi connectivity index (χ0n) is 20.7. The quantitative estimate of drug-likeness (QED) is 0.362. The van der Waals surface area contributed by atoms with Gasteiger partial charge in [0.2, 0.25) is 0 Å². The van der Waals surface area contributed by atoms with E-state index >= 15 is 0 Å². The Balaban J connectivity index is 1.64. The minimum Gasteiger partial charge on any atom is -0.298 e. The second-order valence-electron chi connectivity index (χ2n) is 11.0. The van der Waals surface area contributed by atoms with Crippen molar-refractivity contribution in [2.24, 2.45) is 11.3 Å². The highest BCUT2D eigenvalue weighted by molar-refractivity contribution is 5.73. The second-order valence-corrected chi connectivity index (χ2v) is 11.0. The lowest BCUT2D eigenvalue weighted by Crippen LogP contribution is -2.58. The fourth-order valence-electron chi connectivity index (χ4n) is 5.72. The number of hydrogen-bond acceptors (Lipinski definition) is 1. The normalized spacial score (nSPS) is 18.1. The number of halogens is 1. The minimum absolute atomic E-state index is 0.114. The average Bonchev–Trinajstić information content (AvgIpc) is 3.53. The van der Waals surface area contributed by atoms with E-state index in [9.17, 15) is 4.39 Å². The smallest absolute Gasteiger partial charge is 0.126 e. The van der Waals surface area contributed by atoms with Gasteiger partial charge in [0.15, 0.2) is 0 Å². The molecule has 2 aromatic rings. The summed E-state index contributed by atoms with van der Waals surface area (Å²) in [6.45, 7) is 18.6. The number of aryl methyl sites for hydroxylation is 2. The summed E-state index contributed by atoms with van der Waals surface area (Å²) in [7, 11) is 0. The SMILES string of the molecule is C=C(C)CC1(C(C)C)CN(Cc2cc(CCC)c(-c3ccc(F)c(C)c3)c(C3CC3)c2)C1. The van der Waals surface area contributed by atoms with E-state index in [0.717, 1.165) is 44.5 Å². The van der Waals surface area contributed by atoms with Crippen molar-refractivity contribution in [3.8, 4) is 11.1 Å². The Morgan fingerprint density at radius 3 is 2.47 bits per heavy atom. The third kappa shape index (κ3) is 4.71. The van der Waals surface area contributed by atoms with Gasteiger partial charge in [0, 0.05) is 25.0 Å². The molecule has 0 bridgehead atoms. The lowest BCUT2D eigenvalue weighted by Gasteiger charge is -2.53. The Morgan fingerprint density at radius 2 is 1.91 bits per heavy atom. The molecule has 2 fully saturated rings. The van der Waals surface area contributed by atoms with E-state index in [-0.39, 0.29) is 5.82 Å². The number of rotatable bonds is 9. The highest BCUT2D eigenvalue weighted by Crippen LogP contribution is 2.47. The summed E-state index contributed by atoms with van der Waals surface area (Å²) in [6, 6.07) is 10.6. The maximum atomic E-state index is 14.0. The summed E-state index contributed by atoms with van der Waals surface area (Å²) in [6.07, 6.45) is 5.89. The van der Waals surface area contributed by atoms with Crippen LogP contribution >= 0.6 is 0 Å². The zero-order chi connectivity index (χ0) is 23.0. The van der Waals surface area contributed by atoms with Crippen LogP contribution in [0.25, 0.3) is 11.1 Å². The molecule has 4 rings (SSSR count). The van der Waals surface area contributed by atoms with E-state index < -0.39 is 0 Å². The molecule has 0 N–H and O–H groups in total. The largest absolute Gasteiger partial charge is 0.298 e. The first kappa shape index (κ1) is 23.2. The lowest BCUT2D eigenvalue weighted by molar-refractivity contribution is -0.0411. The van der Waals surface area contributed by atoms with Gasteiger partial charge in [-0.2, -0.15) is 0 Å². The molecule has 32 heavy (non-hydrogen) atoms. The molecule has 2 aromatic carbocycles. The molecule has 1 saturated heterocycles. The molecule has 0 amide bonds. The summed E-state index contributed by atoms with van der Waals surface area (Å²) >= 11 is 0. The van der Waals surface area contributed by atoms with Crippen LogP contribution in [-0.2, 0) is 13.0 Å². The highest BCUT2D eigenvalue weighted by atomic mass is 19.1. The van der Waals surface area contributed by atoms with Gasteiger partial charge in [-0.1, -0.05) is 51.0 Å². The van der Waals surface area contributed by atoms with Crippen molar-refractivity contribution >= 4 is 0 Å². The van der Waals surface area contributed by atoms with E-state index in [0.29, 0.717) is 17.3 Å². The van der Waals surface area contributed by atoms with Crippen LogP contribution in [0.5, 0.6) is 0 Å². The predicted molar refractivity (Wildman–Crippen MR) is 135 cm³/mol. The van der Waals surface area contributed by atoms with Crippen LogP contribution < -0.4 is 0 Å². The molecule has 1 saturated carbocycles. The van der Waals surface area contributed by atoms with Gasteiger partial charge in [-0.25, -0.2) is 4.39 Å². The molecule has 2 aliphatic rings. The molecule has 1 aliphatic carbocycles. The fourth-order valence-corrected chi connectivity index (χ4v) is 5.72. The van der Waals surface area contributed by atoms with E-state index in [1.165, 1.54) is 46.2 Å². The van der Waals surface area contributed by atoms with Gasteiger partial charge in [0.1, 0.15) is 5.82 Å². The van der Waals surface area contributed by atoms with Crippen LogP contribution in [0.4, 0.5) is 4.39 Å². The summed E-state index contributed by atoms with van der Waals surface area (Å²) in [5.74, 6) is 1.23. The first-order valence-electron chi connectivity index (χ1n) is 12.5. The maximum Gasteiger partial charge on any atom is 0.126 e. The third-order valence-corrected chi connectivity index (χ3v) is 7.66. The maximum absolute atomic E-state index is 14.0. The topological polar surface area (TPSA) is 3.24 Å². The standard InChI is InChI=1S/C30H40FN/c1-7-8-25-14-23(17-32-18-30(19-32,21(4)5)16-20(2)3)15-27(24-9-10-24)29(25)26-11-12-28(31)22(6)13-26/h11-15,21,24H,2,7-10,16-19H2,1,3-6H3. The zero-order valence-corrected chi connectivity index (χ0v) is 20.7. The molecule has 1 nitrogen and oxygen atoms in total. The number of benzene rings is 2. The van der Waals surface area contributed by atoms with Crippen LogP contribution in [0.2, 0.25) is 0 Å². The van der Waals surface area contributed by atoms with E-state index in [2.05, 4.69) is 51.3 Å². The Morgan fingerprint density at radius 1 is 1.19 bits per heavy atom. The molecule has 0 spiro atoms. The molecule has 0 unspecified atom stereocenters. The Hall–Kier alpha value is -1.93. The van der Waals surface area contributed by atoms with E-state index in [1.807, 2.05) is 19.1 Å². The molecule has 1 heterocycles. The van der Waals surface area contributed by atoms with Gasteiger partial charge in [-0.15, -0.1) is 6.58 Å². The van der Waals surface area contributed by atoms with Crippen molar-refractivity contribution in [3.63, 3.8) is 0 Å². The van der Waals surface area contributed by atoms with Crippen molar-refractivity contribution in [1.29, 1.82) is 0 Å². The molecule has 0 radical (unpaired) electrons. The predicted octanol–water partition coefficient (Wildman–Crippen LogP) is 8.06. The average molecular weight is 434 g/mol. The van der Waals surface area contributed by atoms with Crippen molar-refractivity contribution in [1.82, 2.24) is 4.90 Å². The third-order valence-electron chi connectivity index (χ3n) is 7.66. The number of likely N-dealkylation sites (tertiary alicyclic amines) is 1. The Kier molecular flexibility index (Phi) is 6.63. The fraction of sp³-hybridized carbons (Fsp3) is 0.533. The molecule has 172 valence electrons. The summed E-state index contributed by atoms with van der Waals surface area (Å²) in [4.78, 5) is 2.62. The van der Waals surface area contributed by atoms with Crippen LogP contribution in [0.15, 0.2) is 42.5 Å². The molecule has 0 aromatic heterocycles. The highest BCUT2D eigenvalue weighted by Gasteiger charge is 2.44. The van der Waals surface area contributed by atoms with E-state index in [4.69, 9.17) is 0 Å². The molecule has 2 heteroatoms. The van der Waals surface area contributed by atoms with Crippen molar-refractivity contribution < 1.29 is 4.39 Å². The van der Waals surface area contributed by atoms with Gasteiger partial charge in [0.25, 0.3) is 0 Å². The second kappa shape index (κ2) is 9.14. The molecule has 0 atom stereocenters. The van der Waals surface area contributed by atoms with Crippen molar-refractivity contribution in [2.45, 2.75) is 79.2 Å². The first-order valence-corrected chi connectivity index (χ1v) is 12.5. The number of hydrogen-bond donors (Lipinski definition) is 0. The van der Waals surface area contributed by atoms with Crippen molar-refractivity contribution in [2.75, 3.05) is 13.1 Å². The van der Waals surface area contributed by atoms with Gasteiger partial charge < -0.3 is 0 Å². The Bertz CT molecular complexity index is 992. The minimum atomic E-state index is -0.114. The van der Waals surface area contributed by atoms with Crippen LogP contribution in [-0.4, -0.2) is 18.0 Å². The van der Waals surface area contributed by atoms with Gasteiger partial charge in [0.05, 0.1) is 0 Å². The van der Waals surface area contributed by atoms with Crippen LogP contribution in [0, 0.1) is 24.1 Å². The van der Waals surface area contributed by atoms with Crippen LogP contribution in [0.1, 0.15) is 81.5 Å². The van der Waals surface area contributed by atoms with Crippen molar-refractivity contribution in [3.05, 3.63) is 70.6 Å². The van der Waals surface area contributed by atoms with E-state index in [1.54, 1.807) is 6.07 Å². The lowest BCUT2D eigenvalue weighted by atomic mass is 9.67. The summed E-state index contributed by atoms with van der Waals surface area (Å²) in [5, 5.41) is 0. The monoisotopic (exact) mass is 433 g/mol. The number of nitrogens with zero attached hydrogens (tertiary/aromatic N) is 1. The van der Waals surface area contributed by atoms with Gasteiger partial charge >= 0.3 is 0 Å². The van der Waals surface area contributed by atoms with Gasteiger partial charge in [-0.3, -0.25) is 4.90 Å². The Labute approximate surface area is 194 Å². The number of allylic oxidation sites excluding steroid dienone is 1. The first-order chi connectivity index (χ1) is 15.2. The van der Waals surface area contributed by atoms with Gasteiger partial charge in [-0.05, 0) is 96.9 Å². The molecule has 1 aliphatic heterocycles.